The maximum Gasteiger partial charge on any atom is 0.0900 e. The summed E-state index contributed by atoms with van der Waals surface area (Å²) in [5.41, 5.74) is 0. The van der Waals surface area contributed by atoms with Gasteiger partial charge in [-0.05, 0) is 26.7 Å². The van der Waals surface area contributed by atoms with E-state index in [0.717, 1.165) is 45.6 Å². The first kappa shape index (κ1) is 18.1. The van der Waals surface area contributed by atoms with Gasteiger partial charge in [-0.15, -0.1) is 0 Å². The Kier molecular flexibility index (Phi) is 7.53. The molecule has 0 radical (unpaired) electrons. The van der Waals surface area contributed by atoms with Crippen molar-refractivity contribution in [2.75, 3.05) is 52.5 Å². The van der Waals surface area contributed by atoms with Crippen molar-refractivity contribution in [3.05, 3.63) is 0 Å². The average Bonchev–Trinajstić information content (AvgIpc) is 2.95. The Hall–Kier alpha value is -0.240. The fourth-order valence-corrected chi connectivity index (χ4v) is 3.31. The SMILES string of the molecule is C[C@H](O)CN1CCN(C[C@H](O)COC[C@H]2CCCO2)C[C@H]1C. The van der Waals surface area contributed by atoms with Gasteiger partial charge in [0.05, 0.1) is 31.5 Å². The zero-order valence-electron chi connectivity index (χ0n) is 14.0. The molecule has 0 spiro atoms. The van der Waals surface area contributed by atoms with Gasteiger partial charge in [0.25, 0.3) is 0 Å². The van der Waals surface area contributed by atoms with Gasteiger partial charge in [-0.3, -0.25) is 9.80 Å². The number of aliphatic hydroxyl groups is 2. The maximum absolute atomic E-state index is 10.1. The summed E-state index contributed by atoms with van der Waals surface area (Å²) in [6, 6.07) is 0.406. The van der Waals surface area contributed by atoms with E-state index in [0.29, 0.717) is 25.8 Å². The van der Waals surface area contributed by atoms with Crippen LogP contribution in [0.4, 0.5) is 0 Å². The smallest absolute Gasteiger partial charge is 0.0900 e. The Morgan fingerprint density at radius 1 is 1.27 bits per heavy atom. The maximum atomic E-state index is 10.1. The second-order valence-corrected chi connectivity index (χ2v) is 6.78. The van der Waals surface area contributed by atoms with Gasteiger partial charge in [-0.1, -0.05) is 0 Å². The molecule has 0 amide bonds. The second kappa shape index (κ2) is 9.15. The lowest BCUT2D eigenvalue weighted by atomic mass is 10.1. The molecule has 22 heavy (non-hydrogen) atoms. The zero-order chi connectivity index (χ0) is 15.9. The van der Waals surface area contributed by atoms with Crippen LogP contribution in [0.3, 0.4) is 0 Å². The third-order valence-electron chi connectivity index (χ3n) is 4.45. The average molecular weight is 316 g/mol. The highest BCUT2D eigenvalue weighted by Crippen LogP contribution is 2.13. The van der Waals surface area contributed by atoms with Gasteiger partial charge < -0.3 is 19.7 Å². The highest BCUT2D eigenvalue weighted by Gasteiger charge is 2.25. The molecular formula is C16H32N2O4. The fourth-order valence-electron chi connectivity index (χ4n) is 3.31. The van der Waals surface area contributed by atoms with E-state index in [-0.39, 0.29) is 12.2 Å². The molecule has 2 aliphatic heterocycles. The van der Waals surface area contributed by atoms with Crippen LogP contribution in [0.2, 0.25) is 0 Å². The van der Waals surface area contributed by atoms with Crippen LogP contribution in [0.5, 0.6) is 0 Å². The predicted molar refractivity (Wildman–Crippen MR) is 85.0 cm³/mol. The van der Waals surface area contributed by atoms with Crippen LogP contribution in [0.25, 0.3) is 0 Å². The number of β-amino-alcohol motifs (C(OH)–C–C–N with tert-alkyl or cyclic N) is 2. The fraction of sp³-hybridized carbons (Fsp3) is 1.00. The van der Waals surface area contributed by atoms with Crippen LogP contribution in [0, 0.1) is 0 Å². The largest absolute Gasteiger partial charge is 0.392 e. The van der Waals surface area contributed by atoms with Gasteiger partial charge in [-0.2, -0.15) is 0 Å². The first-order valence-corrected chi connectivity index (χ1v) is 8.56. The standard InChI is InChI=1S/C16H32N2O4/c1-13-8-17(5-6-18(13)9-14(2)19)10-15(20)11-21-12-16-4-3-7-22-16/h13-16,19-20H,3-12H2,1-2H3/t13-,14+,15+,16-/m1/s1. The molecule has 0 aromatic heterocycles. The van der Waals surface area contributed by atoms with E-state index >= 15 is 0 Å². The van der Waals surface area contributed by atoms with Crippen molar-refractivity contribution in [1.82, 2.24) is 9.80 Å². The minimum atomic E-state index is -0.447. The number of ether oxygens (including phenoxy) is 2. The van der Waals surface area contributed by atoms with Gasteiger partial charge >= 0.3 is 0 Å². The molecule has 0 aromatic carbocycles. The molecule has 0 unspecified atom stereocenters. The van der Waals surface area contributed by atoms with E-state index in [2.05, 4.69) is 16.7 Å². The van der Waals surface area contributed by atoms with Crippen molar-refractivity contribution in [1.29, 1.82) is 0 Å². The van der Waals surface area contributed by atoms with E-state index < -0.39 is 6.10 Å². The van der Waals surface area contributed by atoms with Crippen molar-refractivity contribution >= 4 is 0 Å². The summed E-state index contributed by atoms with van der Waals surface area (Å²) in [5, 5.41) is 19.6. The van der Waals surface area contributed by atoms with Crippen LogP contribution in [0.1, 0.15) is 26.7 Å². The van der Waals surface area contributed by atoms with E-state index in [4.69, 9.17) is 9.47 Å². The molecule has 0 saturated carbocycles. The summed E-state index contributed by atoms with van der Waals surface area (Å²) in [6.07, 6.45) is 1.67. The lowest BCUT2D eigenvalue weighted by Gasteiger charge is -2.41. The monoisotopic (exact) mass is 316 g/mol. The number of hydrogen-bond donors (Lipinski definition) is 2. The van der Waals surface area contributed by atoms with Crippen LogP contribution in [0.15, 0.2) is 0 Å². The molecule has 0 aromatic rings. The molecule has 2 saturated heterocycles. The summed E-state index contributed by atoms with van der Waals surface area (Å²) in [6.45, 7) is 9.98. The second-order valence-electron chi connectivity index (χ2n) is 6.78. The van der Waals surface area contributed by atoms with E-state index in [1.807, 2.05) is 6.92 Å². The topological polar surface area (TPSA) is 65.4 Å². The molecule has 2 fully saturated rings. The molecule has 4 atom stereocenters. The summed E-state index contributed by atoms with van der Waals surface area (Å²) >= 11 is 0. The number of rotatable bonds is 8. The first-order chi connectivity index (χ1) is 10.5. The molecule has 0 bridgehead atoms. The Labute approximate surface area is 134 Å². The minimum Gasteiger partial charge on any atom is -0.392 e. The predicted octanol–water partition coefficient (Wildman–Crippen LogP) is -0.0702. The number of aliphatic hydroxyl groups excluding tert-OH is 2. The molecule has 130 valence electrons. The van der Waals surface area contributed by atoms with E-state index in [1.54, 1.807) is 0 Å². The molecule has 2 N–H and O–H groups in total. The van der Waals surface area contributed by atoms with Crippen molar-refractivity contribution in [3.63, 3.8) is 0 Å². The van der Waals surface area contributed by atoms with Crippen LogP contribution < -0.4 is 0 Å². The van der Waals surface area contributed by atoms with Crippen molar-refractivity contribution in [2.45, 2.75) is 51.0 Å². The Bertz CT molecular complexity index is 311. The van der Waals surface area contributed by atoms with E-state index in [9.17, 15) is 10.2 Å². The van der Waals surface area contributed by atoms with Crippen molar-refractivity contribution in [2.24, 2.45) is 0 Å². The Morgan fingerprint density at radius 3 is 2.73 bits per heavy atom. The Balaban J connectivity index is 1.59. The third kappa shape index (κ3) is 6.10. The van der Waals surface area contributed by atoms with Crippen LogP contribution in [-0.2, 0) is 9.47 Å². The molecule has 6 nitrogen and oxygen atoms in total. The summed E-state index contributed by atoms with van der Waals surface area (Å²) in [5.74, 6) is 0. The van der Waals surface area contributed by atoms with Crippen molar-refractivity contribution < 1.29 is 19.7 Å². The molecule has 0 aliphatic carbocycles. The highest BCUT2D eigenvalue weighted by atomic mass is 16.5. The van der Waals surface area contributed by atoms with Gasteiger partial charge in [-0.25, -0.2) is 0 Å². The molecule has 2 heterocycles. The van der Waals surface area contributed by atoms with Crippen LogP contribution >= 0.6 is 0 Å². The quantitative estimate of drug-likeness (QED) is 0.653. The van der Waals surface area contributed by atoms with Gasteiger partial charge in [0, 0.05) is 45.4 Å². The van der Waals surface area contributed by atoms with Crippen molar-refractivity contribution in [3.8, 4) is 0 Å². The summed E-state index contributed by atoms with van der Waals surface area (Å²) < 4.78 is 11.1. The molecule has 6 heteroatoms. The van der Waals surface area contributed by atoms with E-state index in [1.165, 1.54) is 0 Å². The zero-order valence-corrected chi connectivity index (χ0v) is 14.0. The molecule has 2 aliphatic rings. The lowest BCUT2D eigenvalue weighted by Crippen LogP contribution is -2.55. The summed E-state index contributed by atoms with van der Waals surface area (Å²) in [7, 11) is 0. The van der Waals surface area contributed by atoms with Gasteiger partial charge in [0.2, 0.25) is 0 Å². The third-order valence-corrected chi connectivity index (χ3v) is 4.45. The number of nitrogens with zero attached hydrogens (tertiary/aromatic N) is 2. The molecular weight excluding hydrogens is 284 g/mol. The minimum absolute atomic E-state index is 0.219. The highest BCUT2D eigenvalue weighted by molar-refractivity contribution is 4.81. The lowest BCUT2D eigenvalue weighted by molar-refractivity contribution is -0.0335. The van der Waals surface area contributed by atoms with Gasteiger partial charge in [0.1, 0.15) is 0 Å². The summed E-state index contributed by atoms with van der Waals surface area (Å²) in [4.78, 5) is 4.59. The normalized spacial score (nSPS) is 30.5. The Morgan fingerprint density at radius 2 is 2.09 bits per heavy atom. The molecule has 2 rings (SSSR count). The number of piperazine rings is 1. The first-order valence-electron chi connectivity index (χ1n) is 8.56. The van der Waals surface area contributed by atoms with Gasteiger partial charge in [0.15, 0.2) is 0 Å². The van der Waals surface area contributed by atoms with Crippen LogP contribution in [-0.4, -0.2) is 96.9 Å². The number of hydrogen-bond acceptors (Lipinski definition) is 6.